The number of nitrogens with zero attached hydrogens (tertiary/aromatic N) is 1. The zero-order chi connectivity index (χ0) is 37.8. The molecule has 1 saturated heterocycles. The van der Waals surface area contributed by atoms with Crippen molar-refractivity contribution >= 4 is 45.8 Å². The van der Waals surface area contributed by atoms with Crippen LogP contribution in [0.4, 0.5) is 21.3 Å². The third kappa shape index (κ3) is 8.99. The molecule has 4 bridgehead atoms. The molecule has 55 heavy (non-hydrogen) atoms. The number of rotatable bonds is 14. The molecule has 9 rings (SSSR count). The molecular formula is C41H51N5O8S. The number of amides is 3. The van der Waals surface area contributed by atoms with Crippen molar-refractivity contribution in [1.82, 2.24) is 10.5 Å². The zero-order valence-electron chi connectivity index (χ0n) is 31.1. The minimum Gasteiger partial charge on any atom is -0.446 e. The quantitative estimate of drug-likeness (QED) is 0.0541. The van der Waals surface area contributed by atoms with Gasteiger partial charge in [0.1, 0.15) is 6.10 Å². The molecule has 0 radical (unpaired) electrons. The molecule has 13 nitrogen and oxygen atoms in total. The summed E-state index contributed by atoms with van der Waals surface area (Å²) in [5.41, 5.74) is 12.1. The van der Waals surface area contributed by atoms with Crippen LogP contribution in [0.1, 0.15) is 102 Å². The van der Waals surface area contributed by atoms with Gasteiger partial charge in [-0.25, -0.2) is 15.3 Å². The summed E-state index contributed by atoms with van der Waals surface area (Å²) < 4.78 is 12.6. The molecule has 5 N–H and O–H groups in total. The van der Waals surface area contributed by atoms with E-state index in [0.717, 1.165) is 92.9 Å². The van der Waals surface area contributed by atoms with Gasteiger partial charge in [0.2, 0.25) is 23.4 Å². The summed E-state index contributed by atoms with van der Waals surface area (Å²) in [6, 6.07) is 14.7. The first-order chi connectivity index (χ1) is 26.7. The van der Waals surface area contributed by atoms with E-state index in [2.05, 4.69) is 21.1 Å². The lowest BCUT2D eigenvalue weighted by Gasteiger charge is -2.57. The van der Waals surface area contributed by atoms with Crippen LogP contribution in [0.15, 0.2) is 53.9 Å². The Morgan fingerprint density at radius 3 is 2.38 bits per heavy atom. The van der Waals surface area contributed by atoms with Crippen LogP contribution in [-0.4, -0.2) is 40.6 Å². The number of ether oxygens (including phenoxy) is 2. The van der Waals surface area contributed by atoms with Gasteiger partial charge in [-0.05, 0) is 99.5 Å². The highest BCUT2D eigenvalue weighted by Crippen LogP contribution is 2.63. The average Bonchev–Trinajstić information content (AvgIpc) is 3.78. The van der Waals surface area contributed by atoms with E-state index in [1.165, 1.54) is 17.8 Å². The number of nitrogen functional groups attached to an aromatic ring is 1. The van der Waals surface area contributed by atoms with E-state index in [9.17, 15) is 14.4 Å². The Kier molecular flexibility index (Phi) is 11.4. The van der Waals surface area contributed by atoms with E-state index in [0.29, 0.717) is 54.0 Å². The van der Waals surface area contributed by atoms with Gasteiger partial charge in [-0.3, -0.25) is 19.7 Å². The summed E-state index contributed by atoms with van der Waals surface area (Å²) in [6.45, 7) is 0.183. The second kappa shape index (κ2) is 16.6. The van der Waals surface area contributed by atoms with Crippen molar-refractivity contribution in [2.24, 2.45) is 23.7 Å². The first kappa shape index (κ1) is 37.8. The number of nitrogens with one attached hydrogen (secondary N) is 3. The molecule has 1 aliphatic heterocycles. The molecule has 5 aliphatic carbocycles. The molecule has 14 heteroatoms. The Hall–Kier alpha value is -4.08. The number of nitrogens with two attached hydrogens (primary N) is 1. The number of carbonyl (C=O) groups excluding carboxylic acids is 3. The zero-order valence-corrected chi connectivity index (χ0v) is 31.9. The topological polar surface area (TPSA) is 172 Å². The van der Waals surface area contributed by atoms with E-state index in [1.807, 2.05) is 41.8 Å². The van der Waals surface area contributed by atoms with E-state index in [-0.39, 0.29) is 24.5 Å². The molecule has 3 amide bonds. The molecule has 294 valence electrons. The van der Waals surface area contributed by atoms with Crippen molar-refractivity contribution in [2.45, 2.75) is 121 Å². The third-order valence-electron chi connectivity index (χ3n) is 12.0. The Balaban J connectivity index is 0.676. The van der Waals surface area contributed by atoms with Crippen LogP contribution in [0.25, 0.3) is 11.3 Å². The second-order valence-electron chi connectivity index (χ2n) is 16.1. The Bertz CT molecular complexity index is 1810. The smallest absolute Gasteiger partial charge is 0.411 e. The Morgan fingerprint density at radius 1 is 0.891 bits per heavy atom. The Labute approximate surface area is 325 Å². The highest BCUT2D eigenvalue weighted by Gasteiger charge is 2.67. The molecular weight excluding hydrogens is 723 g/mol. The fraction of sp³-hybridized carbons (Fsp3) is 0.561. The van der Waals surface area contributed by atoms with Crippen molar-refractivity contribution in [3.05, 3.63) is 59.5 Å². The van der Waals surface area contributed by atoms with Gasteiger partial charge in [-0.15, -0.1) is 11.3 Å². The highest BCUT2D eigenvalue weighted by atomic mass is 32.1. The van der Waals surface area contributed by atoms with Crippen molar-refractivity contribution < 1.29 is 38.5 Å². The summed E-state index contributed by atoms with van der Waals surface area (Å²) in [4.78, 5) is 59.6. The van der Waals surface area contributed by atoms with Gasteiger partial charge < -0.3 is 20.5 Å². The lowest BCUT2D eigenvalue weighted by atomic mass is 9.53. The standard InChI is InChI=1S/C41H51N5O8S/c42-32-8-5-7-29(22-32)35-25-55-38(44-35)45-36(47)10-3-1-2-4-11-37(48)46-50-24-26-12-14-33(15-13-26)43-39(49)51-34-9-6-16-40(23-34)52-41(54-53-40)30-18-27-17-28(20-30)21-31(41)19-27/h5,7-8,12-15,22,25,27-28,30-31,34H,1-4,6,9-11,16-21,23-24,42H2,(H,43,49)(H,46,48)(H,44,45,47). The number of unbranched alkanes of at least 4 members (excludes halogenated alkanes) is 3. The van der Waals surface area contributed by atoms with Crippen molar-refractivity contribution in [3.8, 4) is 11.3 Å². The minimum absolute atomic E-state index is 0.0777. The number of anilines is 3. The van der Waals surface area contributed by atoms with Crippen molar-refractivity contribution in [2.75, 3.05) is 16.4 Å². The summed E-state index contributed by atoms with van der Waals surface area (Å²) in [5, 5.41) is 8.14. The molecule has 6 aliphatic rings. The minimum atomic E-state index is -0.857. The predicted octanol–water partition coefficient (Wildman–Crippen LogP) is 8.24. The lowest BCUT2D eigenvalue weighted by molar-refractivity contribution is -0.390. The van der Waals surface area contributed by atoms with Gasteiger partial charge >= 0.3 is 6.09 Å². The number of hydrogen-bond acceptors (Lipinski definition) is 11. The maximum atomic E-state index is 12.9. The summed E-state index contributed by atoms with van der Waals surface area (Å²) in [5.74, 6) is 0.602. The molecule has 5 saturated carbocycles. The van der Waals surface area contributed by atoms with Gasteiger partial charge in [-0.2, -0.15) is 9.78 Å². The number of aromatic nitrogens is 1. The number of carbonyl (C=O) groups is 3. The maximum absolute atomic E-state index is 12.9. The first-order valence-corrected chi connectivity index (χ1v) is 20.8. The summed E-state index contributed by atoms with van der Waals surface area (Å²) >= 11 is 1.38. The van der Waals surface area contributed by atoms with Crippen LogP contribution in [0.2, 0.25) is 0 Å². The summed E-state index contributed by atoms with van der Waals surface area (Å²) in [7, 11) is 0. The number of thiazole rings is 1. The third-order valence-corrected chi connectivity index (χ3v) is 12.7. The van der Waals surface area contributed by atoms with Crippen LogP contribution in [0.3, 0.4) is 0 Å². The van der Waals surface area contributed by atoms with E-state index in [1.54, 1.807) is 12.1 Å². The number of benzene rings is 2. The molecule has 2 aromatic carbocycles. The van der Waals surface area contributed by atoms with Crippen molar-refractivity contribution in [1.29, 1.82) is 0 Å². The largest absolute Gasteiger partial charge is 0.446 e. The molecule has 2 heterocycles. The first-order valence-electron chi connectivity index (χ1n) is 19.9. The van der Waals surface area contributed by atoms with Crippen LogP contribution >= 0.6 is 11.3 Å². The second-order valence-corrected chi connectivity index (χ2v) is 16.9. The van der Waals surface area contributed by atoms with E-state index in [4.69, 9.17) is 29.8 Å². The predicted molar refractivity (Wildman–Crippen MR) is 206 cm³/mol. The van der Waals surface area contributed by atoms with Crippen LogP contribution in [-0.2, 0) is 40.3 Å². The van der Waals surface area contributed by atoms with Gasteiger partial charge in [0.25, 0.3) is 0 Å². The van der Waals surface area contributed by atoms with Gasteiger partial charge in [-0.1, -0.05) is 37.1 Å². The van der Waals surface area contributed by atoms with Crippen LogP contribution < -0.4 is 21.8 Å². The SMILES string of the molecule is Nc1cccc(-c2csc(NC(=O)CCCCCCC(=O)NOCc3ccc(NC(=O)OC4CCCC5(C4)OOC4(O5)C5CC6CC(C5)CC4C6)cc3)n2)c1. The van der Waals surface area contributed by atoms with E-state index < -0.39 is 17.7 Å². The molecule has 2 unspecified atom stereocenters. The lowest BCUT2D eigenvalue weighted by Crippen LogP contribution is -2.59. The summed E-state index contributed by atoms with van der Waals surface area (Å²) in [6.07, 6.45) is 11.7. The normalized spacial score (nSPS) is 29.1. The molecule has 6 fully saturated rings. The van der Waals surface area contributed by atoms with Crippen LogP contribution in [0.5, 0.6) is 0 Å². The van der Waals surface area contributed by atoms with Crippen LogP contribution in [0, 0.1) is 23.7 Å². The number of hydrogen-bond donors (Lipinski definition) is 4. The van der Waals surface area contributed by atoms with Gasteiger partial charge in [0, 0.05) is 59.8 Å². The van der Waals surface area contributed by atoms with Crippen molar-refractivity contribution in [3.63, 3.8) is 0 Å². The Morgan fingerprint density at radius 2 is 1.64 bits per heavy atom. The molecule has 2 spiro atoms. The fourth-order valence-electron chi connectivity index (χ4n) is 9.53. The van der Waals surface area contributed by atoms with Gasteiger partial charge in [0.05, 0.1) is 12.3 Å². The van der Waals surface area contributed by atoms with Gasteiger partial charge in [0.15, 0.2) is 5.13 Å². The number of hydroxylamine groups is 1. The monoisotopic (exact) mass is 773 g/mol. The maximum Gasteiger partial charge on any atom is 0.411 e. The highest BCUT2D eigenvalue weighted by molar-refractivity contribution is 7.14. The molecule has 1 aromatic heterocycles. The van der Waals surface area contributed by atoms with E-state index >= 15 is 0 Å². The molecule has 3 aromatic rings. The molecule has 2 atom stereocenters. The fourth-order valence-corrected chi connectivity index (χ4v) is 10.3. The average molecular weight is 774 g/mol.